The van der Waals surface area contributed by atoms with Gasteiger partial charge in [0.2, 0.25) is 5.88 Å². The Balaban J connectivity index is 1.28. The summed E-state index contributed by atoms with van der Waals surface area (Å²) in [5, 5.41) is 13.1. The number of pyridine rings is 1. The van der Waals surface area contributed by atoms with E-state index < -0.39 is 22.8 Å². The lowest BCUT2D eigenvalue weighted by atomic mass is 9.33. The standard InChI is InChI=1S/C47H67ClN4O7/c1-27(2)36-30(53)24-47(39-38(48)40(55)52(51(39)23-22-49-10)28-12-15-34(58-11)50-26-28)21-20-45(8)29(37(36)47)13-14-32-44(7)18-17-33(59-35(54)25-42(3,4)41(56)57)43(5,6)31(44)16-19-46(32,45)9/h12,15,26-27,29,31-33,49H,13-14,16-25H2,1-11H3,(H,56,57)/t29-,31+,32-,33+,44+,45-,46-,47-/m1/s1. The van der Waals surface area contributed by atoms with Gasteiger partial charge in [-0.25, -0.2) is 9.67 Å². The minimum atomic E-state index is -1.19. The van der Waals surface area contributed by atoms with Crippen molar-refractivity contribution in [3.05, 3.63) is 50.5 Å². The smallest absolute Gasteiger partial charge is 0.309 e. The van der Waals surface area contributed by atoms with Gasteiger partial charge in [0.15, 0.2) is 5.78 Å². The first-order valence-electron chi connectivity index (χ1n) is 21.9. The number of rotatable bonds is 11. The summed E-state index contributed by atoms with van der Waals surface area (Å²) in [5.41, 5.74) is 0.851. The van der Waals surface area contributed by atoms with Gasteiger partial charge in [0.1, 0.15) is 11.1 Å². The molecule has 5 aliphatic carbocycles. The lowest BCUT2D eigenvalue weighted by Crippen LogP contribution is -2.66. The average Bonchev–Trinajstić information content (AvgIpc) is 3.61. The van der Waals surface area contributed by atoms with Gasteiger partial charge in [-0.15, -0.1) is 0 Å². The predicted molar refractivity (Wildman–Crippen MR) is 228 cm³/mol. The highest BCUT2D eigenvalue weighted by molar-refractivity contribution is 6.31. The number of carbonyl (C=O) groups is 3. The van der Waals surface area contributed by atoms with Crippen LogP contribution < -0.4 is 15.6 Å². The molecule has 4 saturated carbocycles. The molecule has 59 heavy (non-hydrogen) atoms. The number of carbonyl (C=O) groups excluding carboxylic acids is 2. The molecule has 7 rings (SSSR count). The fourth-order valence-electron chi connectivity index (χ4n) is 14.0. The zero-order valence-electron chi connectivity index (χ0n) is 37.2. The summed E-state index contributed by atoms with van der Waals surface area (Å²) in [6, 6.07) is 3.57. The van der Waals surface area contributed by atoms with Crippen molar-refractivity contribution < 1.29 is 29.0 Å². The van der Waals surface area contributed by atoms with Crippen LogP contribution in [0.1, 0.15) is 132 Å². The number of ether oxygens (including phenoxy) is 2. The van der Waals surface area contributed by atoms with Gasteiger partial charge in [-0.3, -0.25) is 23.9 Å². The van der Waals surface area contributed by atoms with E-state index in [9.17, 15) is 24.3 Å². The Hall–Kier alpha value is -3.44. The second-order valence-electron chi connectivity index (χ2n) is 21.0. The molecular weight excluding hydrogens is 768 g/mol. The Labute approximate surface area is 355 Å². The lowest BCUT2D eigenvalue weighted by Gasteiger charge is -2.72. The number of aliphatic carboxylic acids is 1. The van der Waals surface area contributed by atoms with Crippen molar-refractivity contribution >= 4 is 29.3 Å². The number of methoxy groups -OCH3 is 1. The highest BCUT2D eigenvalue weighted by Crippen LogP contribution is 2.77. The van der Waals surface area contributed by atoms with Crippen molar-refractivity contribution in [3.8, 4) is 11.6 Å². The number of esters is 1. The van der Waals surface area contributed by atoms with E-state index in [1.54, 1.807) is 37.9 Å². The number of nitrogens with one attached hydrogen (secondary N) is 1. The van der Waals surface area contributed by atoms with E-state index in [4.69, 9.17) is 21.1 Å². The van der Waals surface area contributed by atoms with Gasteiger partial charge in [-0.2, -0.15) is 0 Å². The number of ketones is 1. The largest absolute Gasteiger partial charge is 0.481 e. The summed E-state index contributed by atoms with van der Waals surface area (Å²) in [6.07, 6.45) is 8.82. The zero-order chi connectivity index (χ0) is 43.2. The number of fused-ring (bicyclic) bond motifs is 7. The molecule has 0 amide bonds. The Morgan fingerprint density at radius 2 is 1.71 bits per heavy atom. The molecule has 2 N–H and O–H groups in total. The quantitative estimate of drug-likeness (QED) is 0.213. The van der Waals surface area contributed by atoms with Crippen molar-refractivity contribution in [3.63, 3.8) is 0 Å². The van der Waals surface area contributed by atoms with E-state index in [1.165, 1.54) is 5.57 Å². The summed E-state index contributed by atoms with van der Waals surface area (Å²) >= 11 is 7.32. The normalized spacial score (nSPS) is 33.9. The lowest BCUT2D eigenvalue weighted by molar-refractivity contribution is -0.232. The number of carboxylic acid groups (broad SMARTS) is 1. The van der Waals surface area contributed by atoms with Gasteiger partial charge < -0.3 is 19.9 Å². The molecule has 324 valence electrons. The van der Waals surface area contributed by atoms with Gasteiger partial charge in [0.25, 0.3) is 5.56 Å². The number of hydrogen-bond acceptors (Lipinski definition) is 8. The van der Waals surface area contributed by atoms with Crippen LogP contribution in [-0.4, -0.2) is 64.0 Å². The minimum absolute atomic E-state index is 0.00355. The van der Waals surface area contributed by atoms with Crippen LogP contribution in [0.15, 0.2) is 34.3 Å². The molecule has 0 unspecified atom stereocenters. The third-order valence-corrected chi connectivity index (χ3v) is 17.4. The molecule has 0 aliphatic heterocycles. The molecule has 5 aliphatic rings. The number of Topliss-reactive ketones (excluding diaryl/α,β-unsaturated/α-hetero) is 1. The Morgan fingerprint density at radius 3 is 2.32 bits per heavy atom. The van der Waals surface area contributed by atoms with Gasteiger partial charge in [0.05, 0.1) is 43.1 Å². The van der Waals surface area contributed by atoms with Crippen molar-refractivity contribution in [1.29, 1.82) is 0 Å². The van der Waals surface area contributed by atoms with Crippen molar-refractivity contribution in [1.82, 2.24) is 19.7 Å². The first-order chi connectivity index (χ1) is 27.6. The Morgan fingerprint density at radius 1 is 1.00 bits per heavy atom. The topological polar surface area (TPSA) is 142 Å². The molecule has 0 bridgehead atoms. The summed E-state index contributed by atoms with van der Waals surface area (Å²) in [5.74, 6) is 0.0753. The number of hydrogen-bond donors (Lipinski definition) is 2. The van der Waals surface area contributed by atoms with Gasteiger partial charge >= 0.3 is 11.9 Å². The molecule has 2 aromatic rings. The Bertz CT molecular complexity index is 2120. The summed E-state index contributed by atoms with van der Waals surface area (Å²) in [6.45, 7) is 20.6. The van der Waals surface area contributed by atoms with Crippen LogP contribution in [0.25, 0.3) is 5.69 Å². The maximum Gasteiger partial charge on any atom is 0.309 e. The number of aromatic nitrogens is 3. The molecule has 11 nitrogen and oxygen atoms in total. The maximum absolute atomic E-state index is 14.6. The summed E-state index contributed by atoms with van der Waals surface area (Å²) in [4.78, 5) is 58.5. The number of nitrogens with zero attached hydrogens (tertiary/aromatic N) is 3. The third-order valence-electron chi connectivity index (χ3n) is 17.1. The van der Waals surface area contributed by atoms with Crippen LogP contribution in [0.2, 0.25) is 5.02 Å². The first-order valence-corrected chi connectivity index (χ1v) is 22.3. The van der Waals surface area contributed by atoms with Gasteiger partial charge in [-0.1, -0.05) is 60.1 Å². The number of allylic oxidation sites excluding steroid dienone is 2. The molecule has 12 heteroatoms. The molecule has 0 spiro atoms. The monoisotopic (exact) mass is 834 g/mol. The molecule has 2 heterocycles. The predicted octanol–water partition coefficient (Wildman–Crippen LogP) is 8.56. The Kier molecular flexibility index (Phi) is 11.0. The maximum atomic E-state index is 14.6. The molecule has 8 atom stereocenters. The molecule has 4 fully saturated rings. The van der Waals surface area contributed by atoms with Crippen LogP contribution in [0, 0.1) is 50.7 Å². The second kappa shape index (κ2) is 14.9. The van der Waals surface area contributed by atoms with Crippen molar-refractivity contribution in [2.24, 2.45) is 50.7 Å². The van der Waals surface area contributed by atoms with Crippen LogP contribution in [0.4, 0.5) is 0 Å². The summed E-state index contributed by atoms with van der Waals surface area (Å²) in [7, 11) is 3.46. The van der Waals surface area contributed by atoms with Crippen LogP contribution in [0.3, 0.4) is 0 Å². The van der Waals surface area contributed by atoms with Gasteiger partial charge in [-0.05, 0) is 129 Å². The van der Waals surface area contributed by atoms with E-state index in [0.717, 1.165) is 62.6 Å². The third kappa shape index (κ3) is 6.39. The number of halogens is 1. The van der Waals surface area contributed by atoms with Crippen LogP contribution in [-0.2, 0) is 31.1 Å². The number of carboxylic acids is 1. The molecule has 0 aromatic carbocycles. The fraction of sp³-hybridized carbons (Fsp3) is 0.723. The van der Waals surface area contributed by atoms with Crippen molar-refractivity contribution in [2.75, 3.05) is 20.7 Å². The summed E-state index contributed by atoms with van der Waals surface area (Å²) < 4.78 is 15.2. The SMILES string of the molecule is CNCCn1c([C@@]23CC[C@]4(C)[C@H](CC[C@@H]5[C@@]6(C)CC[C@H](OC(=O)CC(C)(C)C(=O)O)C(C)(C)[C@@H]6CC[C@]54C)C2=C(C(C)C)C(=O)C3)c(Cl)c(=O)n1-c1ccc(OC)nc1. The average molecular weight is 836 g/mol. The molecule has 0 radical (unpaired) electrons. The van der Waals surface area contributed by atoms with E-state index in [-0.39, 0.29) is 62.4 Å². The zero-order valence-corrected chi connectivity index (χ0v) is 38.0. The first kappa shape index (κ1) is 43.6. The second-order valence-corrected chi connectivity index (χ2v) is 21.4. The molecule has 2 aromatic heterocycles. The minimum Gasteiger partial charge on any atom is -0.481 e. The van der Waals surface area contributed by atoms with E-state index in [2.05, 4.69) is 58.8 Å². The fourth-order valence-corrected chi connectivity index (χ4v) is 14.4. The van der Waals surface area contributed by atoms with E-state index >= 15 is 0 Å². The molecular formula is C47H67ClN4O7. The highest BCUT2D eigenvalue weighted by atomic mass is 35.5. The van der Waals surface area contributed by atoms with E-state index in [0.29, 0.717) is 42.9 Å². The van der Waals surface area contributed by atoms with Gasteiger partial charge in [0, 0.05) is 29.9 Å². The van der Waals surface area contributed by atoms with E-state index in [1.807, 2.05) is 17.8 Å². The highest BCUT2D eigenvalue weighted by Gasteiger charge is 2.71. The van der Waals surface area contributed by atoms with Crippen LogP contribution in [0.5, 0.6) is 5.88 Å². The molecule has 0 saturated heterocycles. The van der Waals surface area contributed by atoms with Crippen LogP contribution >= 0.6 is 11.6 Å². The van der Waals surface area contributed by atoms with Crippen molar-refractivity contribution in [2.45, 2.75) is 145 Å². The number of likely N-dealkylation sites (N-methyl/N-ethyl adjacent to an activating group) is 1.